The minimum absolute atomic E-state index is 0.196. The maximum Gasteiger partial charge on any atom is 0.257 e. The Morgan fingerprint density at radius 3 is 1.97 bits per heavy atom. The molecule has 0 bridgehead atoms. The van der Waals surface area contributed by atoms with Gasteiger partial charge in [-0.15, -0.1) is 0 Å². The molecule has 6 aromatic heterocycles. The van der Waals surface area contributed by atoms with E-state index in [1.54, 1.807) is 17.1 Å². The Bertz CT molecular complexity index is 3020. The van der Waals surface area contributed by atoms with Crippen LogP contribution in [-0.2, 0) is 13.6 Å². The summed E-state index contributed by atoms with van der Waals surface area (Å²) in [5, 5.41) is 12.2. The second-order valence-corrected chi connectivity index (χ2v) is 17.8. The summed E-state index contributed by atoms with van der Waals surface area (Å²) in [7, 11) is 3.96. The van der Waals surface area contributed by atoms with E-state index < -0.39 is 0 Å². The Hall–Kier alpha value is -6.42. The van der Waals surface area contributed by atoms with Crippen LogP contribution in [0.25, 0.3) is 67.1 Å². The van der Waals surface area contributed by atoms with E-state index in [4.69, 9.17) is 74.2 Å². The highest BCUT2D eigenvalue weighted by molar-refractivity contribution is 6.36. The molecule has 64 heavy (non-hydrogen) atoms. The Morgan fingerprint density at radius 2 is 1.31 bits per heavy atom. The summed E-state index contributed by atoms with van der Waals surface area (Å²) in [5.74, 6) is 1.80. The molecule has 1 saturated carbocycles. The van der Waals surface area contributed by atoms with Crippen molar-refractivity contribution in [2.75, 3.05) is 44.8 Å². The number of ether oxygens (including phenoxy) is 2. The third-order valence-electron chi connectivity index (χ3n) is 12.1. The molecule has 15 nitrogen and oxygen atoms in total. The van der Waals surface area contributed by atoms with E-state index in [1.165, 1.54) is 19.3 Å². The monoisotopic (exact) mass is 895 g/mol. The minimum atomic E-state index is 0.196. The molecular weight excluding hydrogens is 850 g/mol. The molecule has 1 aliphatic carbocycles. The number of hydrogen-bond acceptors (Lipinski definition) is 13. The molecule has 10 rings (SSSR count). The van der Waals surface area contributed by atoms with Gasteiger partial charge in [0, 0.05) is 66.2 Å². The van der Waals surface area contributed by atoms with Crippen molar-refractivity contribution in [2.45, 2.75) is 45.1 Å². The second-order valence-electron chi connectivity index (χ2n) is 16.9. The summed E-state index contributed by atoms with van der Waals surface area (Å²) in [6.07, 6.45) is 14.2. The van der Waals surface area contributed by atoms with Crippen LogP contribution in [0.5, 0.6) is 11.8 Å². The van der Waals surface area contributed by atoms with E-state index in [1.807, 2.05) is 78.7 Å². The number of likely N-dealkylation sites (tertiary alicyclic amines) is 1. The van der Waals surface area contributed by atoms with Crippen molar-refractivity contribution >= 4 is 56.6 Å². The van der Waals surface area contributed by atoms with Crippen molar-refractivity contribution in [3.05, 3.63) is 95.0 Å². The summed E-state index contributed by atoms with van der Waals surface area (Å²) in [6, 6.07) is 17.4. The maximum atomic E-state index is 6.97. The molecule has 0 amide bonds. The number of benzene rings is 2. The Kier molecular flexibility index (Phi) is 11.5. The first-order chi connectivity index (χ1) is 31.1. The predicted molar refractivity (Wildman–Crippen MR) is 250 cm³/mol. The fourth-order valence-corrected chi connectivity index (χ4v) is 9.36. The normalized spacial score (nSPS) is 16.0. The number of halogens is 2. The summed E-state index contributed by atoms with van der Waals surface area (Å²) < 4.78 is 16.0. The molecule has 0 radical (unpaired) electrons. The van der Waals surface area contributed by atoms with Gasteiger partial charge in [0.05, 0.1) is 40.8 Å². The highest BCUT2D eigenvalue weighted by atomic mass is 35.5. The molecule has 1 aliphatic heterocycles. The Labute approximate surface area is 379 Å². The Balaban J connectivity index is 0.973. The summed E-state index contributed by atoms with van der Waals surface area (Å²) in [5.41, 5.74) is 20.1. The van der Waals surface area contributed by atoms with Crippen molar-refractivity contribution in [2.24, 2.45) is 18.9 Å². The third-order valence-corrected chi connectivity index (χ3v) is 12.7. The quantitative estimate of drug-likeness (QED) is 0.119. The summed E-state index contributed by atoms with van der Waals surface area (Å²) in [6.45, 7) is 3.40. The molecule has 2 fully saturated rings. The molecule has 8 aromatic rings. The van der Waals surface area contributed by atoms with E-state index >= 15 is 0 Å². The maximum absolute atomic E-state index is 6.97. The first-order valence-corrected chi connectivity index (χ1v) is 22.3. The molecule has 4 N–H and O–H groups in total. The first-order valence-electron chi connectivity index (χ1n) is 21.6. The number of hydrogen-bond donors (Lipinski definition) is 2. The molecule has 1 saturated heterocycles. The van der Waals surface area contributed by atoms with Gasteiger partial charge in [0.25, 0.3) is 11.8 Å². The molecule has 2 aromatic carbocycles. The van der Waals surface area contributed by atoms with Crippen LogP contribution in [0.15, 0.2) is 79.4 Å². The number of anilines is 2. The average Bonchev–Trinajstić information content (AvgIpc) is 4.07. The van der Waals surface area contributed by atoms with Crippen LogP contribution in [0, 0.1) is 11.8 Å². The van der Waals surface area contributed by atoms with Crippen LogP contribution in [-0.4, -0.2) is 87.7 Å². The number of fused-ring (bicyclic) bond motifs is 2. The van der Waals surface area contributed by atoms with Crippen LogP contribution in [0.1, 0.15) is 44.1 Å². The fourth-order valence-electron chi connectivity index (χ4n) is 8.81. The minimum Gasteiger partial charge on any atom is -0.475 e. The van der Waals surface area contributed by atoms with Gasteiger partial charge in [-0.05, 0) is 92.9 Å². The number of aryl methyl sites for hydroxylation is 1. The van der Waals surface area contributed by atoms with Gasteiger partial charge in [-0.2, -0.15) is 10.2 Å². The van der Waals surface area contributed by atoms with Gasteiger partial charge in [-0.25, -0.2) is 19.9 Å². The lowest BCUT2D eigenvalue weighted by Gasteiger charge is -2.22. The van der Waals surface area contributed by atoms with Crippen LogP contribution >= 0.6 is 23.2 Å². The fraction of sp³-hybridized carbons (Fsp3) is 0.319. The number of aromatic nitrogens is 10. The van der Waals surface area contributed by atoms with Crippen LogP contribution in [0.3, 0.4) is 0 Å². The van der Waals surface area contributed by atoms with E-state index in [0.717, 1.165) is 59.8 Å². The van der Waals surface area contributed by atoms with Gasteiger partial charge in [-0.3, -0.25) is 19.3 Å². The van der Waals surface area contributed by atoms with Gasteiger partial charge in [-0.1, -0.05) is 48.5 Å². The second kappa shape index (κ2) is 17.6. The molecule has 1 unspecified atom stereocenters. The summed E-state index contributed by atoms with van der Waals surface area (Å²) in [4.78, 5) is 31.2. The van der Waals surface area contributed by atoms with E-state index in [2.05, 4.69) is 22.0 Å². The van der Waals surface area contributed by atoms with Gasteiger partial charge in [0.1, 0.15) is 34.2 Å². The van der Waals surface area contributed by atoms with E-state index in [-0.39, 0.29) is 17.5 Å². The third kappa shape index (κ3) is 8.62. The van der Waals surface area contributed by atoms with Crippen LogP contribution in [0.4, 0.5) is 11.6 Å². The number of nitrogens with two attached hydrogens (primary N) is 2. The van der Waals surface area contributed by atoms with Crippen molar-refractivity contribution in [1.82, 2.24) is 54.4 Å². The topological polar surface area (TPSA) is 187 Å². The van der Waals surface area contributed by atoms with Crippen LogP contribution in [0.2, 0.25) is 10.0 Å². The first kappa shape index (κ1) is 41.6. The lowest BCUT2D eigenvalue weighted by molar-refractivity contribution is 0.203. The molecule has 1 atom stereocenters. The van der Waals surface area contributed by atoms with E-state index in [0.29, 0.717) is 92.7 Å². The number of nitrogens with zero attached hydrogens (tertiary/aromatic N) is 11. The van der Waals surface area contributed by atoms with Crippen molar-refractivity contribution < 1.29 is 9.47 Å². The van der Waals surface area contributed by atoms with E-state index in [9.17, 15) is 0 Å². The number of nitrogen functional groups attached to an aromatic ring is 2. The van der Waals surface area contributed by atoms with Crippen molar-refractivity contribution in [3.8, 4) is 57.1 Å². The molecule has 7 heterocycles. The molecule has 326 valence electrons. The zero-order chi connectivity index (χ0) is 43.9. The lowest BCUT2D eigenvalue weighted by Crippen LogP contribution is -2.18. The molecule has 17 heteroatoms. The smallest absolute Gasteiger partial charge is 0.257 e. The van der Waals surface area contributed by atoms with Gasteiger partial charge >= 0.3 is 0 Å². The zero-order valence-electron chi connectivity index (χ0n) is 35.6. The zero-order valence-corrected chi connectivity index (χ0v) is 37.1. The molecule has 0 spiro atoms. The largest absolute Gasteiger partial charge is 0.475 e. The van der Waals surface area contributed by atoms with Gasteiger partial charge < -0.3 is 25.8 Å². The lowest BCUT2D eigenvalue weighted by atomic mass is 9.90. The SMILES string of the molecule is CN1CCC(COc2nc(-c3cc(Cl)c4ncc(Cn5ccc(-c6nc(N)c(OCC7CCCCC7)nc6-c6cc(Cl)c7ncccc7c6)n5)cc4c3)c(-c3ccn(C)n3)nc2N)C1. The number of rotatable bonds is 12. The van der Waals surface area contributed by atoms with Gasteiger partial charge in [0.2, 0.25) is 0 Å². The highest BCUT2D eigenvalue weighted by Crippen LogP contribution is 2.39. The Morgan fingerprint density at radius 1 is 0.672 bits per heavy atom. The van der Waals surface area contributed by atoms with Crippen LogP contribution < -0.4 is 20.9 Å². The standard InChI is InChI=1S/C47H47Cl2N13O2/c1-60-14-10-28(23-60)26-64-47-45(51)54-42(36-11-15-61(2)58-36)41(57-47)33-19-31-17-29(22-53-39(31)35(49)21-33)24-62-16-12-37(59-62)43-40(32-18-30-9-6-13-52-38(30)34(48)20-32)56-46(44(50)55-43)63-25-27-7-4-3-5-8-27/h6,9,11-13,15-22,27-28H,3-5,7-8,10,14,23-26H2,1-2H3,(H2,50,55)(H2,51,54). The highest BCUT2D eigenvalue weighted by Gasteiger charge is 2.25. The van der Waals surface area contributed by atoms with Gasteiger partial charge in [0.15, 0.2) is 11.6 Å². The number of pyridine rings is 2. The molecule has 2 aliphatic rings. The summed E-state index contributed by atoms with van der Waals surface area (Å²) >= 11 is 13.8. The predicted octanol–water partition coefficient (Wildman–Crippen LogP) is 8.77. The average molecular weight is 897 g/mol. The van der Waals surface area contributed by atoms with Crippen molar-refractivity contribution in [3.63, 3.8) is 0 Å². The molecular formula is C47H47Cl2N13O2. The van der Waals surface area contributed by atoms with Crippen molar-refractivity contribution in [1.29, 1.82) is 0 Å².